The Labute approximate surface area is 128 Å². The zero-order valence-electron chi connectivity index (χ0n) is 11.8. The minimum Gasteiger partial charge on any atom is -0.456 e. The van der Waals surface area contributed by atoms with Gasteiger partial charge in [0.15, 0.2) is 0 Å². The van der Waals surface area contributed by atoms with E-state index in [4.69, 9.17) is 4.74 Å². The molecule has 0 aliphatic carbocycles. The summed E-state index contributed by atoms with van der Waals surface area (Å²) in [7, 11) is 0. The molecule has 0 aromatic heterocycles. The molecule has 0 atom stereocenters. The van der Waals surface area contributed by atoms with E-state index in [0.717, 1.165) is 21.3 Å². The molecule has 0 radical (unpaired) electrons. The van der Waals surface area contributed by atoms with Crippen LogP contribution in [0.25, 0.3) is 0 Å². The minimum atomic E-state index is 0.364. The van der Waals surface area contributed by atoms with Gasteiger partial charge in [0.2, 0.25) is 0 Å². The number of hydrogen-bond acceptors (Lipinski definition) is 2. The van der Waals surface area contributed by atoms with E-state index in [0.29, 0.717) is 17.2 Å². The third-order valence-electron chi connectivity index (χ3n) is 3.08. The fourth-order valence-corrected chi connectivity index (χ4v) is 2.34. The molecule has 0 saturated carbocycles. The molecule has 20 heavy (non-hydrogen) atoms. The first-order chi connectivity index (χ1) is 9.51. The van der Waals surface area contributed by atoms with Gasteiger partial charge < -0.3 is 4.74 Å². The van der Waals surface area contributed by atoms with Crippen LogP contribution in [0.1, 0.15) is 36.5 Å². The highest BCUT2D eigenvalue weighted by atomic mass is 79.9. The Morgan fingerprint density at radius 3 is 2.50 bits per heavy atom. The summed E-state index contributed by atoms with van der Waals surface area (Å²) in [6.45, 7) is 6.29. The van der Waals surface area contributed by atoms with E-state index in [1.807, 2.05) is 25.1 Å². The van der Waals surface area contributed by atoms with E-state index in [1.54, 1.807) is 6.07 Å². The first-order valence-corrected chi connectivity index (χ1v) is 7.28. The van der Waals surface area contributed by atoms with Gasteiger partial charge in [-0.25, -0.2) is 0 Å². The van der Waals surface area contributed by atoms with Crippen molar-refractivity contribution < 1.29 is 4.74 Å². The maximum absolute atomic E-state index is 9.18. The Kier molecular flexibility index (Phi) is 4.46. The van der Waals surface area contributed by atoms with Gasteiger partial charge in [-0.3, -0.25) is 0 Å². The highest BCUT2D eigenvalue weighted by Crippen LogP contribution is 2.34. The van der Waals surface area contributed by atoms with Crippen molar-refractivity contribution in [1.82, 2.24) is 0 Å². The molecule has 3 heteroatoms. The summed E-state index contributed by atoms with van der Waals surface area (Å²) < 4.78 is 6.90. The van der Waals surface area contributed by atoms with Crippen molar-refractivity contribution in [3.8, 4) is 17.6 Å². The van der Waals surface area contributed by atoms with Gasteiger partial charge in [0.05, 0.1) is 5.56 Å². The van der Waals surface area contributed by atoms with Crippen LogP contribution in [-0.4, -0.2) is 0 Å². The molecule has 0 spiro atoms. The van der Waals surface area contributed by atoms with Crippen LogP contribution in [0.15, 0.2) is 40.9 Å². The van der Waals surface area contributed by atoms with E-state index in [-0.39, 0.29) is 0 Å². The molecule has 2 nitrogen and oxygen atoms in total. The van der Waals surface area contributed by atoms with Crippen LogP contribution in [0.5, 0.6) is 11.5 Å². The average molecular weight is 330 g/mol. The van der Waals surface area contributed by atoms with E-state index in [2.05, 4.69) is 48.0 Å². The van der Waals surface area contributed by atoms with Crippen molar-refractivity contribution in [2.24, 2.45) is 0 Å². The Morgan fingerprint density at radius 2 is 1.85 bits per heavy atom. The standard InChI is InChI=1S/C17H16BrNO/c1-11(2)15-7-4-12(3)8-17(15)20-16-9-14(18)6-5-13(16)10-19/h4-9,11H,1-3H3. The predicted octanol–water partition coefficient (Wildman–Crippen LogP) is 5.54. The van der Waals surface area contributed by atoms with E-state index in [9.17, 15) is 5.26 Å². The average Bonchev–Trinajstić information content (AvgIpc) is 2.38. The molecule has 0 unspecified atom stereocenters. The van der Waals surface area contributed by atoms with Gasteiger partial charge in [0.25, 0.3) is 0 Å². The molecule has 0 heterocycles. The second-order valence-electron chi connectivity index (χ2n) is 5.05. The Morgan fingerprint density at radius 1 is 1.10 bits per heavy atom. The number of rotatable bonds is 3. The van der Waals surface area contributed by atoms with Crippen LogP contribution in [0, 0.1) is 18.3 Å². The molecular weight excluding hydrogens is 314 g/mol. The second-order valence-corrected chi connectivity index (χ2v) is 5.97. The quantitative estimate of drug-likeness (QED) is 0.740. The van der Waals surface area contributed by atoms with Gasteiger partial charge in [-0.05, 0) is 48.2 Å². The first-order valence-electron chi connectivity index (χ1n) is 6.49. The zero-order valence-corrected chi connectivity index (χ0v) is 13.4. The molecule has 102 valence electrons. The molecule has 0 aliphatic heterocycles. The van der Waals surface area contributed by atoms with Crippen LogP contribution in [0.2, 0.25) is 0 Å². The van der Waals surface area contributed by atoms with Crippen molar-refractivity contribution in [2.45, 2.75) is 26.7 Å². The summed E-state index contributed by atoms with van der Waals surface area (Å²) >= 11 is 3.41. The van der Waals surface area contributed by atoms with Gasteiger partial charge in [-0.1, -0.05) is 41.9 Å². The van der Waals surface area contributed by atoms with Gasteiger partial charge in [0.1, 0.15) is 17.6 Å². The summed E-state index contributed by atoms with van der Waals surface area (Å²) in [4.78, 5) is 0. The molecule has 0 N–H and O–H groups in total. The fourth-order valence-electron chi connectivity index (χ4n) is 2.00. The normalized spacial score (nSPS) is 10.4. The van der Waals surface area contributed by atoms with Crippen molar-refractivity contribution >= 4 is 15.9 Å². The topological polar surface area (TPSA) is 33.0 Å². The third kappa shape index (κ3) is 3.20. The van der Waals surface area contributed by atoms with Crippen LogP contribution in [0.3, 0.4) is 0 Å². The van der Waals surface area contributed by atoms with Crippen LogP contribution < -0.4 is 4.74 Å². The van der Waals surface area contributed by atoms with Gasteiger partial charge in [0, 0.05) is 4.47 Å². The number of benzene rings is 2. The number of hydrogen-bond donors (Lipinski definition) is 0. The number of nitrogens with zero attached hydrogens (tertiary/aromatic N) is 1. The van der Waals surface area contributed by atoms with E-state index >= 15 is 0 Å². The Bertz CT molecular complexity index is 671. The lowest BCUT2D eigenvalue weighted by molar-refractivity contribution is 0.471. The SMILES string of the molecule is Cc1ccc(C(C)C)c(Oc2cc(Br)ccc2C#N)c1. The molecule has 0 amide bonds. The monoisotopic (exact) mass is 329 g/mol. The minimum absolute atomic E-state index is 0.364. The second kappa shape index (κ2) is 6.11. The highest BCUT2D eigenvalue weighted by molar-refractivity contribution is 9.10. The van der Waals surface area contributed by atoms with E-state index in [1.165, 1.54) is 0 Å². The van der Waals surface area contributed by atoms with E-state index < -0.39 is 0 Å². The largest absolute Gasteiger partial charge is 0.456 e. The Balaban J connectivity index is 2.47. The predicted molar refractivity (Wildman–Crippen MR) is 84.2 cm³/mol. The summed E-state index contributed by atoms with van der Waals surface area (Å²) in [6, 6.07) is 13.7. The summed E-state index contributed by atoms with van der Waals surface area (Å²) in [5, 5.41) is 9.18. The maximum atomic E-state index is 9.18. The zero-order chi connectivity index (χ0) is 14.7. The Hall–Kier alpha value is -1.79. The third-order valence-corrected chi connectivity index (χ3v) is 3.57. The molecule has 0 bridgehead atoms. The summed E-state index contributed by atoms with van der Waals surface area (Å²) in [5.41, 5.74) is 2.81. The molecule has 0 aliphatic rings. The molecule has 2 aromatic carbocycles. The van der Waals surface area contributed by atoms with Crippen LogP contribution in [0.4, 0.5) is 0 Å². The highest BCUT2D eigenvalue weighted by Gasteiger charge is 2.11. The lowest BCUT2D eigenvalue weighted by Crippen LogP contribution is -1.96. The lowest BCUT2D eigenvalue weighted by atomic mass is 10.0. The van der Waals surface area contributed by atoms with Crippen molar-refractivity contribution in [3.63, 3.8) is 0 Å². The van der Waals surface area contributed by atoms with Crippen LogP contribution in [-0.2, 0) is 0 Å². The number of ether oxygens (including phenoxy) is 1. The number of aryl methyl sites for hydroxylation is 1. The molecule has 0 fully saturated rings. The molecule has 0 saturated heterocycles. The van der Waals surface area contributed by atoms with Gasteiger partial charge in [-0.2, -0.15) is 5.26 Å². The van der Waals surface area contributed by atoms with Gasteiger partial charge >= 0.3 is 0 Å². The van der Waals surface area contributed by atoms with Crippen molar-refractivity contribution in [1.29, 1.82) is 5.26 Å². The smallest absolute Gasteiger partial charge is 0.146 e. The van der Waals surface area contributed by atoms with Crippen molar-refractivity contribution in [3.05, 3.63) is 57.6 Å². The first kappa shape index (κ1) is 14.6. The number of halogens is 1. The van der Waals surface area contributed by atoms with Gasteiger partial charge in [-0.15, -0.1) is 0 Å². The lowest BCUT2D eigenvalue weighted by Gasteiger charge is -2.15. The fraction of sp³-hybridized carbons (Fsp3) is 0.235. The van der Waals surface area contributed by atoms with Crippen molar-refractivity contribution in [2.75, 3.05) is 0 Å². The maximum Gasteiger partial charge on any atom is 0.146 e. The molecule has 2 aromatic rings. The number of nitriles is 1. The summed E-state index contributed by atoms with van der Waals surface area (Å²) in [6.07, 6.45) is 0. The molecule has 2 rings (SSSR count). The van der Waals surface area contributed by atoms with Crippen LogP contribution >= 0.6 is 15.9 Å². The molecular formula is C17H16BrNO. The summed E-state index contributed by atoms with van der Waals surface area (Å²) in [5.74, 6) is 1.76.